The molecule has 1 aliphatic rings. The molecule has 29 heavy (non-hydrogen) atoms. The maximum absolute atomic E-state index is 12.9. The van der Waals surface area contributed by atoms with E-state index in [2.05, 4.69) is 5.32 Å². The van der Waals surface area contributed by atoms with Crippen LogP contribution in [0, 0.1) is 0 Å². The molecule has 3 rings (SSSR count). The van der Waals surface area contributed by atoms with E-state index >= 15 is 0 Å². The fourth-order valence-corrected chi connectivity index (χ4v) is 5.10. The van der Waals surface area contributed by atoms with Crippen molar-refractivity contribution in [2.24, 2.45) is 0 Å². The van der Waals surface area contributed by atoms with Crippen LogP contribution < -0.4 is 5.32 Å². The number of carbonyl (C=O) groups is 1. The number of alkyl halides is 2. The van der Waals surface area contributed by atoms with E-state index in [9.17, 15) is 22.0 Å². The van der Waals surface area contributed by atoms with Gasteiger partial charge in [0.1, 0.15) is 4.90 Å². The van der Waals surface area contributed by atoms with Crippen LogP contribution in [0.15, 0.2) is 52.3 Å². The number of anilines is 1. The summed E-state index contributed by atoms with van der Waals surface area (Å²) in [6.45, 7) is 0.990. The van der Waals surface area contributed by atoms with Gasteiger partial charge < -0.3 is 10.1 Å². The van der Waals surface area contributed by atoms with Crippen molar-refractivity contribution in [3.63, 3.8) is 0 Å². The number of nitrogens with one attached hydrogen (secondary N) is 1. The molecule has 6 nitrogen and oxygen atoms in total. The summed E-state index contributed by atoms with van der Waals surface area (Å²) in [5.74, 6) is -3.08. The normalized spacial score (nSPS) is 15.4. The van der Waals surface area contributed by atoms with Crippen LogP contribution in [0.1, 0.15) is 10.4 Å². The summed E-state index contributed by atoms with van der Waals surface area (Å²) >= 11 is 6.49. The van der Waals surface area contributed by atoms with Crippen LogP contribution >= 0.6 is 23.4 Å². The largest absolute Gasteiger partial charge is 0.379 e. The maximum atomic E-state index is 12.9. The molecule has 1 heterocycles. The van der Waals surface area contributed by atoms with Gasteiger partial charge in [-0.2, -0.15) is 13.1 Å². The van der Waals surface area contributed by atoms with Crippen LogP contribution in [0.5, 0.6) is 0 Å². The second kappa shape index (κ2) is 9.40. The molecule has 1 N–H and O–H groups in total. The van der Waals surface area contributed by atoms with Crippen molar-refractivity contribution in [1.29, 1.82) is 0 Å². The minimum absolute atomic E-state index is 0.0152. The second-order valence-electron chi connectivity index (χ2n) is 6.02. The fraction of sp³-hybridized carbons (Fsp3) is 0.278. The van der Waals surface area contributed by atoms with Crippen molar-refractivity contribution in [2.45, 2.75) is 15.5 Å². The predicted octanol–water partition coefficient (Wildman–Crippen LogP) is 3.93. The Kier molecular flexibility index (Phi) is 7.12. The van der Waals surface area contributed by atoms with Gasteiger partial charge in [-0.05, 0) is 42.5 Å². The van der Waals surface area contributed by atoms with Crippen molar-refractivity contribution >= 4 is 45.0 Å². The van der Waals surface area contributed by atoms with Crippen molar-refractivity contribution in [3.05, 3.63) is 53.1 Å². The Labute approximate surface area is 176 Å². The number of morpholine rings is 1. The van der Waals surface area contributed by atoms with Crippen LogP contribution in [0.25, 0.3) is 0 Å². The first-order valence-electron chi connectivity index (χ1n) is 8.51. The first kappa shape index (κ1) is 22.0. The third-order valence-corrected chi connectivity index (χ3v) is 7.22. The van der Waals surface area contributed by atoms with Crippen LogP contribution in [0.2, 0.25) is 5.02 Å². The number of carbonyl (C=O) groups excluding carboxylic acids is 1. The zero-order chi connectivity index (χ0) is 21.0. The molecule has 1 aliphatic heterocycles. The quantitative estimate of drug-likeness (QED) is 0.658. The lowest BCUT2D eigenvalue weighted by atomic mass is 10.2. The third kappa shape index (κ3) is 5.46. The zero-order valence-electron chi connectivity index (χ0n) is 15.0. The van der Waals surface area contributed by atoms with Gasteiger partial charge in [0.05, 0.1) is 18.2 Å². The van der Waals surface area contributed by atoms with Crippen molar-refractivity contribution < 1.29 is 26.7 Å². The highest BCUT2D eigenvalue weighted by Crippen LogP contribution is 2.28. The van der Waals surface area contributed by atoms with Crippen LogP contribution in [0.3, 0.4) is 0 Å². The van der Waals surface area contributed by atoms with Gasteiger partial charge in [-0.15, -0.1) is 0 Å². The number of ether oxygens (including phenoxy) is 1. The molecule has 0 bridgehead atoms. The van der Waals surface area contributed by atoms with Crippen LogP contribution in [0.4, 0.5) is 14.5 Å². The van der Waals surface area contributed by atoms with E-state index in [0.29, 0.717) is 22.3 Å². The molecule has 0 atom stereocenters. The van der Waals surface area contributed by atoms with E-state index in [1.54, 1.807) is 0 Å². The van der Waals surface area contributed by atoms with E-state index in [1.807, 2.05) is 0 Å². The number of hydrogen-bond donors (Lipinski definition) is 1. The molecule has 2 aromatic carbocycles. The lowest BCUT2D eigenvalue weighted by Crippen LogP contribution is -2.40. The molecule has 0 aromatic heterocycles. The van der Waals surface area contributed by atoms with E-state index < -0.39 is 21.7 Å². The third-order valence-electron chi connectivity index (χ3n) is 4.12. The van der Waals surface area contributed by atoms with Gasteiger partial charge in [-0.3, -0.25) is 4.79 Å². The summed E-state index contributed by atoms with van der Waals surface area (Å²) in [6.07, 6.45) is 0. The molecule has 1 saturated heterocycles. The highest BCUT2D eigenvalue weighted by atomic mass is 35.5. The summed E-state index contributed by atoms with van der Waals surface area (Å²) in [5.41, 5.74) is 0.494. The summed E-state index contributed by atoms with van der Waals surface area (Å²) in [6, 6.07) is 9.89. The Hall–Kier alpha value is -1.72. The minimum Gasteiger partial charge on any atom is -0.379 e. The van der Waals surface area contributed by atoms with Gasteiger partial charge in [0.2, 0.25) is 10.0 Å². The standard InChI is InChI=1S/C18H17ClF2N2O4S2/c19-15-6-1-12(11-16(15)29(25,26)23-7-9-27-10-8-23)17(24)22-13-2-4-14(5-3-13)28-18(20)21/h1-6,11,18H,7-10H2,(H,22,24). The Morgan fingerprint density at radius 2 is 1.79 bits per heavy atom. The molecule has 11 heteroatoms. The smallest absolute Gasteiger partial charge is 0.288 e. The van der Waals surface area contributed by atoms with Crippen LogP contribution in [-0.2, 0) is 14.8 Å². The van der Waals surface area contributed by atoms with Crippen molar-refractivity contribution in [1.82, 2.24) is 4.31 Å². The molecule has 0 unspecified atom stereocenters. The van der Waals surface area contributed by atoms with E-state index in [1.165, 1.54) is 46.8 Å². The number of halogens is 3. The van der Waals surface area contributed by atoms with Crippen LogP contribution in [-0.4, -0.2) is 50.7 Å². The van der Waals surface area contributed by atoms with E-state index in [-0.39, 0.29) is 41.8 Å². The Bertz CT molecular complexity index is 982. The first-order chi connectivity index (χ1) is 13.8. The predicted molar refractivity (Wildman–Crippen MR) is 107 cm³/mol. The number of benzene rings is 2. The Balaban J connectivity index is 1.79. The van der Waals surface area contributed by atoms with Gasteiger partial charge in [-0.25, -0.2) is 8.42 Å². The average Bonchev–Trinajstić information content (AvgIpc) is 2.70. The molecule has 2 aromatic rings. The van der Waals surface area contributed by atoms with E-state index in [4.69, 9.17) is 16.3 Å². The lowest BCUT2D eigenvalue weighted by Gasteiger charge is -2.26. The SMILES string of the molecule is O=C(Nc1ccc(SC(F)F)cc1)c1ccc(Cl)c(S(=O)(=O)N2CCOCC2)c1. The maximum Gasteiger partial charge on any atom is 0.288 e. The van der Waals surface area contributed by atoms with Gasteiger partial charge in [0.15, 0.2) is 0 Å². The molecule has 0 aliphatic carbocycles. The average molecular weight is 463 g/mol. The first-order valence-corrected chi connectivity index (χ1v) is 11.2. The lowest BCUT2D eigenvalue weighted by molar-refractivity contribution is 0.0730. The summed E-state index contributed by atoms with van der Waals surface area (Å²) in [7, 11) is -3.87. The molecular weight excluding hydrogens is 446 g/mol. The summed E-state index contributed by atoms with van der Waals surface area (Å²) < 4.78 is 56.9. The van der Waals surface area contributed by atoms with Crippen molar-refractivity contribution in [3.8, 4) is 0 Å². The molecule has 1 amide bonds. The highest BCUT2D eigenvalue weighted by Gasteiger charge is 2.29. The monoisotopic (exact) mass is 462 g/mol. The van der Waals surface area contributed by atoms with E-state index in [0.717, 1.165) is 0 Å². The van der Waals surface area contributed by atoms with Gasteiger partial charge in [0, 0.05) is 29.2 Å². The molecule has 0 spiro atoms. The number of amides is 1. The number of rotatable bonds is 6. The zero-order valence-corrected chi connectivity index (χ0v) is 17.4. The number of nitrogens with zero attached hydrogens (tertiary/aromatic N) is 1. The highest BCUT2D eigenvalue weighted by molar-refractivity contribution is 7.99. The second-order valence-corrected chi connectivity index (χ2v) is 9.40. The molecule has 0 radical (unpaired) electrons. The Morgan fingerprint density at radius 3 is 2.41 bits per heavy atom. The fourth-order valence-electron chi connectivity index (χ4n) is 2.69. The Morgan fingerprint density at radius 1 is 1.14 bits per heavy atom. The summed E-state index contributed by atoms with van der Waals surface area (Å²) in [5, 5.41) is 2.62. The van der Waals surface area contributed by atoms with Gasteiger partial charge in [-0.1, -0.05) is 23.4 Å². The number of hydrogen-bond acceptors (Lipinski definition) is 5. The van der Waals surface area contributed by atoms with Gasteiger partial charge in [0.25, 0.3) is 11.7 Å². The van der Waals surface area contributed by atoms with Crippen molar-refractivity contribution in [2.75, 3.05) is 31.6 Å². The topological polar surface area (TPSA) is 75.7 Å². The number of sulfonamides is 1. The minimum atomic E-state index is -3.87. The summed E-state index contributed by atoms with van der Waals surface area (Å²) in [4.78, 5) is 12.7. The molecular formula is C18H17ClF2N2O4S2. The number of thioether (sulfide) groups is 1. The van der Waals surface area contributed by atoms with Gasteiger partial charge >= 0.3 is 0 Å². The molecule has 156 valence electrons. The molecule has 0 saturated carbocycles. The molecule has 1 fully saturated rings.